The van der Waals surface area contributed by atoms with Gasteiger partial charge < -0.3 is 9.47 Å². The van der Waals surface area contributed by atoms with Gasteiger partial charge in [0.25, 0.3) is 0 Å². The largest absolute Gasteiger partial charge is 0.371 e. The summed E-state index contributed by atoms with van der Waals surface area (Å²) >= 11 is 4.75. The van der Waals surface area contributed by atoms with Crippen LogP contribution in [0.2, 0.25) is 0 Å². The molecule has 0 saturated carbocycles. The SMILES string of the molecule is CC(C)(C)OCc1cc(C(C)(C)C)cc(COC(C)(C)C)c1S. The predicted octanol–water partition coefficient (Wildman–Crippen LogP) is 5.90. The van der Waals surface area contributed by atoms with Crippen LogP contribution in [0.1, 0.15) is 79.0 Å². The van der Waals surface area contributed by atoms with Gasteiger partial charge in [0, 0.05) is 4.90 Å². The maximum absolute atomic E-state index is 5.97. The molecule has 0 N–H and O–H groups in total. The Bertz CT molecular complexity index is 489. The molecule has 0 aliphatic rings. The van der Waals surface area contributed by atoms with Crippen LogP contribution in [0.4, 0.5) is 0 Å². The standard InChI is InChI=1S/C20H34O2S/c1-18(2,3)16-10-14(12-21-19(4,5)6)17(23)15(11-16)13-22-20(7,8)9/h10-11,23H,12-13H2,1-9H3. The highest BCUT2D eigenvalue weighted by Crippen LogP contribution is 2.31. The average molecular weight is 339 g/mol. The van der Waals surface area contributed by atoms with Gasteiger partial charge in [-0.2, -0.15) is 0 Å². The van der Waals surface area contributed by atoms with E-state index in [1.165, 1.54) is 5.56 Å². The number of benzene rings is 1. The summed E-state index contributed by atoms with van der Waals surface area (Å²) in [6.07, 6.45) is 0. The van der Waals surface area contributed by atoms with Gasteiger partial charge in [-0.25, -0.2) is 0 Å². The first-order valence-corrected chi connectivity index (χ1v) is 8.77. The van der Waals surface area contributed by atoms with E-state index in [4.69, 9.17) is 22.1 Å². The van der Waals surface area contributed by atoms with Gasteiger partial charge in [-0.1, -0.05) is 32.9 Å². The van der Waals surface area contributed by atoms with E-state index in [-0.39, 0.29) is 16.6 Å². The lowest BCUT2D eigenvalue weighted by molar-refractivity contribution is -0.0190. The van der Waals surface area contributed by atoms with E-state index >= 15 is 0 Å². The first-order chi connectivity index (χ1) is 10.2. The van der Waals surface area contributed by atoms with Crippen molar-refractivity contribution < 1.29 is 9.47 Å². The second kappa shape index (κ2) is 7.16. The number of hydrogen-bond donors (Lipinski definition) is 1. The van der Waals surface area contributed by atoms with Gasteiger partial charge in [-0.05, 0) is 63.6 Å². The molecular formula is C20H34O2S. The second-order valence-electron chi connectivity index (χ2n) is 9.20. The van der Waals surface area contributed by atoms with Crippen LogP contribution < -0.4 is 0 Å². The second-order valence-corrected chi connectivity index (χ2v) is 9.64. The Labute approximate surface area is 148 Å². The fourth-order valence-corrected chi connectivity index (χ4v) is 2.26. The molecule has 1 aromatic rings. The van der Waals surface area contributed by atoms with Gasteiger partial charge in [0.15, 0.2) is 0 Å². The molecule has 23 heavy (non-hydrogen) atoms. The lowest BCUT2D eigenvalue weighted by Crippen LogP contribution is -2.21. The summed E-state index contributed by atoms with van der Waals surface area (Å²) in [5.41, 5.74) is 3.29. The van der Waals surface area contributed by atoms with Crippen LogP contribution in [-0.4, -0.2) is 11.2 Å². The Kier molecular flexibility index (Phi) is 6.40. The normalized spacial score (nSPS) is 13.5. The van der Waals surface area contributed by atoms with Crippen molar-refractivity contribution >= 4 is 12.6 Å². The minimum Gasteiger partial charge on any atom is -0.371 e. The zero-order chi connectivity index (χ0) is 18.1. The van der Waals surface area contributed by atoms with Crippen molar-refractivity contribution in [1.82, 2.24) is 0 Å². The summed E-state index contributed by atoms with van der Waals surface area (Å²) in [5.74, 6) is 0. The van der Waals surface area contributed by atoms with Gasteiger partial charge in [-0.3, -0.25) is 0 Å². The summed E-state index contributed by atoms with van der Waals surface area (Å²) in [6.45, 7) is 20.2. The molecule has 0 aliphatic carbocycles. The van der Waals surface area contributed by atoms with Crippen molar-refractivity contribution in [1.29, 1.82) is 0 Å². The molecule has 0 aromatic heterocycles. The summed E-state index contributed by atoms with van der Waals surface area (Å²) in [5, 5.41) is 0. The number of thiol groups is 1. The van der Waals surface area contributed by atoms with Gasteiger partial charge >= 0.3 is 0 Å². The molecule has 0 radical (unpaired) electrons. The van der Waals surface area contributed by atoms with Crippen LogP contribution in [0.3, 0.4) is 0 Å². The van der Waals surface area contributed by atoms with Crippen molar-refractivity contribution in [3.05, 3.63) is 28.8 Å². The molecule has 0 saturated heterocycles. The monoisotopic (exact) mass is 338 g/mol. The maximum atomic E-state index is 5.97. The Morgan fingerprint density at radius 3 is 1.35 bits per heavy atom. The third-order valence-corrected chi connectivity index (χ3v) is 4.03. The molecule has 0 unspecified atom stereocenters. The minimum atomic E-state index is -0.167. The van der Waals surface area contributed by atoms with Crippen molar-refractivity contribution in [2.45, 2.75) is 97.0 Å². The lowest BCUT2D eigenvalue weighted by atomic mass is 9.85. The minimum absolute atomic E-state index is 0.0778. The van der Waals surface area contributed by atoms with Gasteiger partial charge in [0.2, 0.25) is 0 Å². The summed E-state index contributed by atoms with van der Waals surface area (Å²) in [6, 6.07) is 4.43. The number of rotatable bonds is 4. The van der Waals surface area contributed by atoms with Crippen LogP contribution in [0.15, 0.2) is 17.0 Å². The highest BCUT2D eigenvalue weighted by molar-refractivity contribution is 7.80. The molecule has 0 fully saturated rings. The summed E-state index contributed by atoms with van der Waals surface area (Å²) < 4.78 is 11.9. The first kappa shape index (κ1) is 20.5. The molecular weight excluding hydrogens is 304 g/mol. The highest BCUT2D eigenvalue weighted by atomic mass is 32.1. The van der Waals surface area contributed by atoms with Gasteiger partial charge in [0.05, 0.1) is 24.4 Å². The van der Waals surface area contributed by atoms with Crippen molar-refractivity contribution in [2.75, 3.05) is 0 Å². The molecule has 1 rings (SSSR count). The zero-order valence-corrected chi connectivity index (χ0v) is 17.2. The van der Waals surface area contributed by atoms with E-state index in [1.807, 2.05) is 0 Å². The topological polar surface area (TPSA) is 18.5 Å². The Balaban J connectivity index is 3.17. The average Bonchev–Trinajstić information content (AvgIpc) is 2.32. The van der Waals surface area contributed by atoms with E-state index in [0.717, 1.165) is 16.0 Å². The quantitative estimate of drug-likeness (QED) is 0.689. The Morgan fingerprint density at radius 1 is 0.739 bits per heavy atom. The molecule has 0 spiro atoms. The van der Waals surface area contributed by atoms with E-state index < -0.39 is 0 Å². The number of ether oxygens (including phenoxy) is 2. The predicted molar refractivity (Wildman–Crippen MR) is 101 cm³/mol. The molecule has 0 amide bonds. The molecule has 132 valence electrons. The van der Waals surface area contributed by atoms with E-state index in [1.54, 1.807) is 0 Å². The van der Waals surface area contributed by atoms with E-state index in [0.29, 0.717) is 13.2 Å². The van der Waals surface area contributed by atoms with Gasteiger partial charge in [-0.15, -0.1) is 12.6 Å². The fourth-order valence-electron chi connectivity index (χ4n) is 2.00. The third kappa shape index (κ3) is 7.28. The Hall–Kier alpha value is -0.510. The summed E-state index contributed by atoms with van der Waals surface area (Å²) in [7, 11) is 0. The lowest BCUT2D eigenvalue weighted by Gasteiger charge is -2.26. The number of hydrogen-bond acceptors (Lipinski definition) is 3. The molecule has 0 bridgehead atoms. The molecule has 0 aliphatic heterocycles. The van der Waals surface area contributed by atoms with Gasteiger partial charge in [0.1, 0.15) is 0 Å². The van der Waals surface area contributed by atoms with Crippen LogP contribution in [0.5, 0.6) is 0 Å². The van der Waals surface area contributed by atoms with Crippen LogP contribution >= 0.6 is 12.6 Å². The molecule has 0 atom stereocenters. The third-order valence-electron chi connectivity index (χ3n) is 3.46. The Morgan fingerprint density at radius 2 is 1.09 bits per heavy atom. The molecule has 0 heterocycles. The van der Waals surface area contributed by atoms with E-state index in [9.17, 15) is 0 Å². The molecule has 1 aromatic carbocycles. The van der Waals surface area contributed by atoms with Crippen LogP contribution in [0, 0.1) is 0 Å². The first-order valence-electron chi connectivity index (χ1n) is 8.32. The zero-order valence-electron chi connectivity index (χ0n) is 16.3. The van der Waals surface area contributed by atoms with Crippen LogP contribution in [-0.2, 0) is 28.1 Å². The fraction of sp³-hybridized carbons (Fsp3) is 0.700. The van der Waals surface area contributed by atoms with Crippen molar-refractivity contribution in [3.63, 3.8) is 0 Å². The highest BCUT2D eigenvalue weighted by Gasteiger charge is 2.20. The summed E-state index contributed by atoms with van der Waals surface area (Å²) in [4.78, 5) is 0.978. The van der Waals surface area contributed by atoms with Crippen molar-refractivity contribution in [2.24, 2.45) is 0 Å². The smallest absolute Gasteiger partial charge is 0.0734 e. The maximum Gasteiger partial charge on any atom is 0.0734 e. The van der Waals surface area contributed by atoms with Crippen molar-refractivity contribution in [3.8, 4) is 0 Å². The van der Waals surface area contributed by atoms with E-state index in [2.05, 4.69) is 74.4 Å². The molecule has 3 heteroatoms. The van der Waals surface area contributed by atoms with Crippen LogP contribution in [0.25, 0.3) is 0 Å². The molecule has 2 nitrogen and oxygen atoms in total.